The molecule has 2 rings (SSSR count). The molecule has 1 aromatic rings. The van der Waals surface area contributed by atoms with Gasteiger partial charge >= 0.3 is 0 Å². The summed E-state index contributed by atoms with van der Waals surface area (Å²) < 4.78 is 0. The van der Waals surface area contributed by atoms with E-state index in [9.17, 15) is 4.79 Å². The second-order valence-electron chi connectivity index (χ2n) is 5.85. The number of carbonyl (C=O) groups excluding carboxylic acids is 1. The first-order valence-electron chi connectivity index (χ1n) is 7.57. The number of rotatable bonds is 4. The predicted octanol–water partition coefficient (Wildman–Crippen LogP) is 2.31. The van der Waals surface area contributed by atoms with Crippen LogP contribution >= 0.6 is 0 Å². The molecular formula is C16H25N3O. The highest BCUT2D eigenvalue weighted by molar-refractivity contribution is 5.82. The summed E-state index contributed by atoms with van der Waals surface area (Å²) in [6.07, 6.45) is 8.23. The Labute approximate surface area is 121 Å². The van der Waals surface area contributed by atoms with Gasteiger partial charge in [0.15, 0.2) is 0 Å². The maximum Gasteiger partial charge on any atom is 0.227 e. The van der Waals surface area contributed by atoms with Crippen LogP contribution in [0.15, 0.2) is 18.3 Å². The molecule has 0 spiro atoms. The lowest BCUT2D eigenvalue weighted by atomic mass is 9.79. The molecule has 0 bridgehead atoms. The Kier molecular flexibility index (Phi) is 5.12. The maximum absolute atomic E-state index is 12.6. The summed E-state index contributed by atoms with van der Waals surface area (Å²) in [6.45, 7) is 2.95. The van der Waals surface area contributed by atoms with E-state index >= 15 is 0 Å². The van der Waals surface area contributed by atoms with Crippen LogP contribution in [0, 0.1) is 12.3 Å². The SMILES string of the molecule is Cc1cccnc1CNC(=O)C1(CN)CCCCCC1. The quantitative estimate of drug-likeness (QED) is 0.829. The van der Waals surface area contributed by atoms with Crippen molar-refractivity contribution >= 4 is 5.91 Å². The van der Waals surface area contributed by atoms with E-state index in [-0.39, 0.29) is 11.3 Å². The van der Waals surface area contributed by atoms with E-state index in [4.69, 9.17) is 5.73 Å². The number of aryl methyl sites for hydroxylation is 1. The Morgan fingerprint density at radius 2 is 2.05 bits per heavy atom. The molecule has 4 heteroatoms. The number of nitrogens with one attached hydrogen (secondary N) is 1. The molecule has 3 N–H and O–H groups in total. The summed E-state index contributed by atoms with van der Waals surface area (Å²) in [5.41, 5.74) is 7.61. The zero-order valence-electron chi connectivity index (χ0n) is 12.3. The Morgan fingerprint density at radius 3 is 2.65 bits per heavy atom. The Balaban J connectivity index is 2.00. The number of hydrogen-bond donors (Lipinski definition) is 2. The minimum Gasteiger partial charge on any atom is -0.350 e. The van der Waals surface area contributed by atoms with Crippen LogP contribution in [0.2, 0.25) is 0 Å². The Hall–Kier alpha value is -1.42. The summed E-state index contributed by atoms with van der Waals surface area (Å²) in [5.74, 6) is 0.104. The number of hydrogen-bond acceptors (Lipinski definition) is 3. The Morgan fingerprint density at radius 1 is 1.35 bits per heavy atom. The number of nitrogens with zero attached hydrogens (tertiary/aromatic N) is 1. The van der Waals surface area contributed by atoms with Crippen molar-refractivity contribution in [2.75, 3.05) is 6.54 Å². The first-order valence-corrected chi connectivity index (χ1v) is 7.57. The monoisotopic (exact) mass is 275 g/mol. The molecule has 1 saturated carbocycles. The van der Waals surface area contributed by atoms with Crippen molar-refractivity contribution in [3.8, 4) is 0 Å². The van der Waals surface area contributed by atoms with Crippen LogP contribution in [0.3, 0.4) is 0 Å². The van der Waals surface area contributed by atoms with E-state index in [1.165, 1.54) is 12.8 Å². The molecule has 1 aliphatic rings. The molecule has 1 fully saturated rings. The van der Waals surface area contributed by atoms with Crippen molar-refractivity contribution < 1.29 is 4.79 Å². The average molecular weight is 275 g/mol. The van der Waals surface area contributed by atoms with Crippen molar-refractivity contribution in [3.05, 3.63) is 29.6 Å². The fourth-order valence-corrected chi connectivity index (χ4v) is 2.98. The van der Waals surface area contributed by atoms with Crippen LogP contribution in [0.25, 0.3) is 0 Å². The smallest absolute Gasteiger partial charge is 0.227 e. The third kappa shape index (κ3) is 3.37. The second kappa shape index (κ2) is 6.84. The van der Waals surface area contributed by atoms with Crippen LogP contribution in [-0.4, -0.2) is 17.4 Å². The van der Waals surface area contributed by atoms with Crippen LogP contribution in [-0.2, 0) is 11.3 Å². The second-order valence-corrected chi connectivity index (χ2v) is 5.85. The van der Waals surface area contributed by atoms with Crippen LogP contribution < -0.4 is 11.1 Å². The molecule has 110 valence electrons. The van der Waals surface area contributed by atoms with E-state index in [1.54, 1.807) is 6.20 Å². The summed E-state index contributed by atoms with van der Waals surface area (Å²) in [6, 6.07) is 3.92. The summed E-state index contributed by atoms with van der Waals surface area (Å²) >= 11 is 0. The van der Waals surface area contributed by atoms with Gasteiger partial charge in [-0.3, -0.25) is 9.78 Å². The van der Waals surface area contributed by atoms with Crippen LogP contribution in [0.1, 0.15) is 49.8 Å². The summed E-state index contributed by atoms with van der Waals surface area (Å²) in [5, 5.41) is 3.05. The molecule has 0 radical (unpaired) electrons. The first-order chi connectivity index (χ1) is 9.68. The standard InChI is InChI=1S/C16H25N3O/c1-13-7-6-10-18-14(13)11-19-15(20)16(12-17)8-4-2-3-5-9-16/h6-7,10H,2-5,8-9,11-12,17H2,1H3,(H,19,20). The minimum atomic E-state index is -0.362. The van der Waals surface area contributed by atoms with E-state index in [1.807, 2.05) is 19.1 Å². The zero-order chi connectivity index (χ0) is 14.4. The van der Waals surface area contributed by atoms with Crippen molar-refractivity contribution in [3.63, 3.8) is 0 Å². The number of pyridine rings is 1. The minimum absolute atomic E-state index is 0.104. The van der Waals surface area contributed by atoms with Crippen LogP contribution in [0.5, 0.6) is 0 Å². The lowest BCUT2D eigenvalue weighted by Crippen LogP contribution is -2.45. The van der Waals surface area contributed by atoms with Gasteiger partial charge in [-0.1, -0.05) is 31.7 Å². The lowest BCUT2D eigenvalue weighted by Gasteiger charge is -2.29. The highest BCUT2D eigenvalue weighted by Crippen LogP contribution is 2.34. The average Bonchev–Trinajstić information content (AvgIpc) is 2.72. The van der Waals surface area contributed by atoms with Gasteiger partial charge in [0.25, 0.3) is 0 Å². The van der Waals surface area contributed by atoms with Crippen molar-refractivity contribution in [2.24, 2.45) is 11.1 Å². The maximum atomic E-state index is 12.6. The number of aromatic nitrogens is 1. The van der Waals surface area contributed by atoms with Crippen molar-refractivity contribution in [1.82, 2.24) is 10.3 Å². The number of nitrogens with two attached hydrogens (primary N) is 1. The Bertz CT molecular complexity index is 451. The molecule has 20 heavy (non-hydrogen) atoms. The molecular weight excluding hydrogens is 250 g/mol. The van der Waals surface area contributed by atoms with Gasteiger partial charge in [-0.2, -0.15) is 0 Å². The molecule has 0 aliphatic heterocycles. The zero-order valence-corrected chi connectivity index (χ0v) is 12.3. The van der Waals surface area contributed by atoms with E-state index < -0.39 is 0 Å². The third-order valence-electron chi connectivity index (χ3n) is 4.47. The molecule has 0 saturated heterocycles. The van der Waals surface area contributed by atoms with Gasteiger partial charge in [0.2, 0.25) is 5.91 Å². The number of carbonyl (C=O) groups is 1. The normalized spacial score (nSPS) is 18.3. The molecule has 0 aromatic carbocycles. The molecule has 4 nitrogen and oxygen atoms in total. The lowest BCUT2D eigenvalue weighted by molar-refractivity contribution is -0.131. The highest BCUT2D eigenvalue weighted by atomic mass is 16.2. The highest BCUT2D eigenvalue weighted by Gasteiger charge is 2.36. The third-order valence-corrected chi connectivity index (χ3v) is 4.47. The first kappa shape index (κ1) is 15.0. The van der Waals surface area contributed by atoms with Gasteiger partial charge < -0.3 is 11.1 Å². The van der Waals surface area contributed by atoms with E-state index in [0.29, 0.717) is 13.1 Å². The summed E-state index contributed by atoms with van der Waals surface area (Å²) in [7, 11) is 0. The fraction of sp³-hybridized carbons (Fsp3) is 0.625. The van der Waals surface area contributed by atoms with Crippen molar-refractivity contribution in [1.29, 1.82) is 0 Å². The number of amides is 1. The van der Waals surface area contributed by atoms with Gasteiger partial charge in [-0.25, -0.2) is 0 Å². The predicted molar refractivity (Wildman–Crippen MR) is 80.0 cm³/mol. The molecule has 0 atom stereocenters. The molecule has 1 aliphatic carbocycles. The van der Waals surface area contributed by atoms with Gasteiger partial charge in [0, 0.05) is 12.7 Å². The molecule has 1 aromatic heterocycles. The molecule has 0 unspecified atom stereocenters. The van der Waals surface area contributed by atoms with Gasteiger partial charge in [-0.15, -0.1) is 0 Å². The largest absolute Gasteiger partial charge is 0.350 e. The van der Waals surface area contributed by atoms with Crippen LogP contribution in [0.4, 0.5) is 0 Å². The van der Waals surface area contributed by atoms with E-state index in [2.05, 4.69) is 10.3 Å². The van der Waals surface area contributed by atoms with Crippen molar-refractivity contribution in [2.45, 2.75) is 52.0 Å². The van der Waals surface area contributed by atoms with Gasteiger partial charge in [0.1, 0.15) is 0 Å². The topological polar surface area (TPSA) is 68.0 Å². The fourth-order valence-electron chi connectivity index (χ4n) is 2.98. The van der Waals surface area contributed by atoms with Gasteiger partial charge in [0.05, 0.1) is 17.7 Å². The molecule has 1 amide bonds. The van der Waals surface area contributed by atoms with E-state index in [0.717, 1.165) is 36.9 Å². The summed E-state index contributed by atoms with van der Waals surface area (Å²) in [4.78, 5) is 16.9. The molecule has 1 heterocycles. The van der Waals surface area contributed by atoms with Gasteiger partial charge in [-0.05, 0) is 31.4 Å².